The average Bonchev–Trinajstić information content (AvgIpc) is 3.00. The summed E-state index contributed by atoms with van der Waals surface area (Å²) in [5.41, 5.74) is 3.30. The van der Waals surface area contributed by atoms with Crippen molar-refractivity contribution in [2.45, 2.75) is 26.7 Å². The standard InChI is InChI=1S/C18H18N2O2S/c1-3-14-11(2)15-7-6-12(9-16(15)20-18(14)22)19-17(21)10-13-5-4-8-23-13/h4-9,15H,3,10H2,1-2H3,(H,20,22). The van der Waals surface area contributed by atoms with Gasteiger partial charge in [-0.2, -0.15) is 0 Å². The van der Waals surface area contributed by atoms with Gasteiger partial charge in [-0.05, 0) is 36.9 Å². The highest BCUT2D eigenvalue weighted by molar-refractivity contribution is 7.10. The molecule has 1 unspecified atom stereocenters. The summed E-state index contributed by atoms with van der Waals surface area (Å²) in [5.74, 6) is -0.146. The number of allylic oxidation sites excluding steroid dienone is 3. The summed E-state index contributed by atoms with van der Waals surface area (Å²) in [6.45, 7) is 3.97. The number of amides is 2. The van der Waals surface area contributed by atoms with E-state index < -0.39 is 0 Å². The monoisotopic (exact) mass is 326 g/mol. The average molecular weight is 326 g/mol. The fourth-order valence-corrected chi connectivity index (χ4v) is 3.61. The zero-order chi connectivity index (χ0) is 16.4. The first-order chi connectivity index (χ1) is 11.1. The second kappa shape index (κ2) is 6.46. The van der Waals surface area contributed by atoms with Crippen LogP contribution >= 0.6 is 11.3 Å². The highest BCUT2D eigenvalue weighted by atomic mass is 32.1. The van der Waals surface area contributed by atoms with Gasteiger partial charge in [0.15, 0.2) is 0 Å². The van der Waals surface area contributed by atoms with Gasteiger partial charge in [0.05, 0.1) is 12.1 Å². The summed E-state index contributed by atoms with van der Waals surface area (Å²) in [4.78, 5) is 29.3. The number of rotatable bonds is 3. The maximum atomic E-state index is 12.1. The summed E-state index contributed by atoms with van der Waals surface area (Å²) in [7, 11) is 0. The maximum Gasteiger partial charge on any atom is 0.251 e. The molecule has 23 heavy (non-hydrogen) atoms. The molecule has 3 rings (SSSR count). The lowest BCUT2D eigenvalue weighted by atomic mass is 9.84. The van der Waals surface area contributed by atoms with Gasteiger partial charge >= 0.3 is 0 Å². The molecule has 1 aliphatic carbocycles. The van der Waals surface area contributed by atoms with Gasteiger partial charge in [-0.25, -0.2) is 4.99 Å². The number of hydrogen-bond acceptors (Lipinski definition) is 3. The van der Waals surface area contributed by atoms with Crippen LogP contribution in [0.1, 0.15) is 25.1 Å². The number of carbonyl (C=O) groups excluding carboxylic acids is 2. The molecule has 0 spiro atoms. The number of thiophene rings is 1. The summed E-state index contributed by atoms with van der Waals surface area (Å²) < 4.78 is 0. The van der Waals surface area contributed by atoms with Crippen molar-refractivity contribution < 1.29 is 9.59 Å². The van der Waals surface area contributed by atoms with Crippen molar-refractivity contribution in [1.29, 1.82) is 0 Å². The predicted octanol–water partition coefficient (Wildman–Crippen LogP) is 3.18. The molecule has 1 aromatic rings. The van der Waals surface area contributed by atoms with Gasteiger partial charge in [0.1, 0.15) is 0 Å². The molecule has 2 amide bonds. The van der Waals surface area contributed by atoms with Crippen LogP contribution in [-0.4, -0.2) is 17.5 Å². The van der Waals surface area contributed by atoms with E-state index in [2.05, 4.69) is 10.3 Å². The highest BCUT2D eigenvalue weighted by Crippen LogP contribution is 2.31. The third-order valence-corrected chi connectivity index (χ3v) is 4.96. The lowest BCUT2D eigenvalue weighted by Gasteiger charge is -2.29. The normalized spacial score (nSPS) is 22.0. The Morgan fingerprint density at radius 3 is 2.96 bits per heavy atom. The van der Waals surface area contributed by atoms with Crippen molar-refractivity contribution in [3.8, 4) is 0 Å². The Bertz CT molecular complexity index is 767. The van der Waals surface area contributed by atoms with E-state index in [-0.39, 0.29) is 17.7 Å². The molecule has 118 valence electrons. The number of fused-ring (bicyclic) bond motifs is 1. The van der Waals surface area contributed by atoms with Crippen LogP contribution in [0.5, 0.6) is 0 Å². The molecule has 5 heteroatoms. The van der Waals surface area contributed by atoms with Crippen molar-refractivity contribution in [1.82, 2.24) is 5.32 Å². The Labute approximate surface area is 139 Å². The zero-order valence-electron chi connectivity index (χ0n) is 13.1. The molecule has 1 aromatic heterocycles. The minimum atomic E-state index is -0.175. The summed E-state index contributed by atoms with van der Waals surface area (Å²) in [5, 5.41) is 4.87. The number of nitrogens with one attached hydrogen (secondary N) is 1. The molecule has 0 saturated carbocycles. The molecule has 0 radical (unpaired) electrons. The lowest BCUT2D eigenvalue weighted by Crippen LogP contribution is -2.36. The molecular weight excluding hydrogens is 308 g/mol. The van der Waals surface area contributed by atoms with E-state index in [9.17, 15) is 9.59 Å². The summed E-state index contributed by atoms with van der Waals surface area (Å²) >= 11 is 1.55. The van der Waals surface area contributed by atoms with E-state index in [1.165, 1.54) is 0 Å². The van der Waals surface area contributed by atoms with Crippen molar-refractivity contribution in [2.24, 2.45) is 10.9 Å². The third-order valence-electron chi connectivity index (χ3n) is 4.09. The van der Waals surface area contributed by atoms with Gasteiger partial charge < -0.3 is 5.32 Å². The van der Waals surface area contributed by atoms with Crippen LogP contribution in [-0.2, 0) is 16.0 Å². The topological polar surface area (TPSA) is 58.5 Å². The Balaban J connectivity index is 1.80. The van der Waals surface area contributed by atoms with E-state index in [4.69, 9.17) is 0 Å². The van der Waals surface area contributed by atoms with Crippen LogP contribution in [0.15, 0.2) is 57.6 Å². The predicted molar refractivity (Wildman–Crippen MR) is 92.3 cm³/mol. The molecule has 0 bridgehead atoms. The van der Waals surface area contributed by atoms with Crippen LogP contribution < -0.4 is 5.32 Å². The number of aliphatic imine (C=N–C) groups is 1. The minimum Gasteiger partial charge on any atom is -0.325 e. The number of hydrogen-bond donors (Lipinski definition) is 1. The molecule has 1 N–H and O–H groups in total. The Hall–Kier alpha value is -2.27. The molecular formula is C18H18N2O2S. The molecule has 2 aliphatic rings. The Morgan fingerprint density at radius 2 is 2.26 bits per heavy atom. The van der Waals surface area contributed by atoms with Gasteiger partial charge in [0.25, 0.3) is 11.8 Å². The third kappa shape index (κ3) is 3.24. The van der Waals surface area contributed by atoms with Crippen LogP contribution in [0.3, 0.4) is 0 Å². The van der Waals surface area contributed by atoms with E-state index >= 15 is 0 Å². The van der Waals surface area contributed by atoms with Crippen LogP contribution in [0.4, 0.5) is 0 Å². The van der Waals surface area contributed by atoms with E-state index in [0.717, 1.165) is 28.1 Å². The SMILES string of the molecule is CCC1=C(C)C2C=CC(=NC(=O)Cc3cccs3)C=C2NC1=O. The number of nitrogens with zero attached hydrogens (tertiary/aromatic N) is 1. The van der Waals surface area contributed by atoms with Gasteiger partial charge in [-0.15, -0.1) is 11.3 Å². The van der Waals surface area contributed by atoms with E-state index in [1.807, 2.05) is 43.5 Å². The Morgan fingerprint density at radius 1 is 1.43 bits per heavy atom. The number of carbonyl (C=O) groups is 2. The summed E-state index contributed by atoms with van der Waals surface area (Å²) in [6, 6.07) is 3.85. The van der Waals surface area contributed by atoms with Crippen LogP contribution in [0, 0.1) is 5.92 Å². The first-order valence-corrected chi connectivity index (χ1v) is 8.51. The van der Waals surface area contributed by atoms with Crippen LogP contribution in [0.25, 0.3) is 0 Å². The van der Waals surface area contributed by atoms with Gasteiger partial charge in [0, 0.05) is 22.1 Å². The second-order valence-corrected chi connectivity index (χ2v) is 6.62. The highest BCUT2D eigenvalue weighted by Gasteiger charge is 2.28. The molecule has 2 heterocycles. The fourth-order valence-electron chi connectivity index (χ4n) is 2.92. The van der Waals surface area contributed by atoms with Gasteiger partial charge in [-0.3, -0.25) is 9.59 Å². The molecule has 1 aliphatic heterocycles. The largest absolute Gasteiger partial charge is 0.325 e. The minimum absolute atomic E-state index is 0.0490. The second-order valence-electron chi connectivity index (χ2n) is 5.59. The van der Waals surface area contributed by atoms with Crippen molar-refractivity contribution >= 4 is 28.9 Å². The molecule has 0 saturated heterocycles. The van der Waals surface area contributed by atoms with E-state index in [1.54, 1.807) is 17.4 Å². The Kier molecular flexibility index (Phi) is 4.39. The van der Waals surface area contributed by atoms with Crippen LogP contribution in [0.2, 0.25) is 0 Å². The zero-order valence-corrected chi connectivity index (χ0v) is 13.9. The first kappa shape index (κ1) is 15.6. The smallest absolute Gasteiger partial charge is 0.251 e. The molecule has 4 nitrogen and oxygen atoms in total. The molecule has 0 fully saturated rings. The quantitative estimate of drug-likeness (QED) is 0.927. The van der Waals surface area contributed by atoms with Gasteiger partial charge in [0.2, 0.25) is 0 Å². The first-order valence-electron chi connectivity index (χ1n) is 7.63. The van der Waals surface area contributed by atoms with Crippen molar-refractivity contribution in [3.05, 3.63) is 57.5 Å². The fraction of sp³-hybridized carbons (Fsp3) is 0.278. The maximum absolute atomic E-state index is 12.1. The van der Waals surface area contributed by atoms with Crippen molar-refractivity contribution in [2.75, 3.05) is 0 Å². The van der Waals surface area contributed by atoms with E-state index in [0.29, 0.717) is 12.1 Å². The molecule has 1 atom stereocenters. The lowest BCUT2D eigenvalue weighted by molar-refractivity contribution is -0.118. The summed E-state index contributed by atoms with van der Waals surface area (Å²) in [6.07, 6.45) is 6.68. The van der Waals surface area contributed by atoms with Gasteiger partial charge in [-0.1, -0.05) is 24.6 Å². The van der Waals surface area contributed by atoms with Crippen molar-refractivity contribution in [3.63, 3.8) is 0 Å². The molecule has 0 aromatic carbocycles.